The van der Waals surface area contributed by atoms with Gasteiger partial charge in [0.25, 0.3) is 5.91 Å². The molecule has 1 atom stereocenters. The number of benzene rings is 1. The SMILES string of the molecule is O=C(NC[C@@H](O)c1ccsc1)c1cn[nH]c1-c1ccccc1Cl. The maximum atomic E-state index is 12.4. The van der Waals surface area contributed by atoms with Gasteiger partial charge in [0.1, 0.15) is 0 Å². The van der Waals surface area contributed by atoms with Gasteiger partial charge < -0.3 is 10.4 Å². The van der Waals surface area contributed by atoms with Crippen molar-refractivity contribution in [3.8, 4) is 11.3 Å². The molecule has 3 N–H and O–H groups in total. The zero-order chi connectivity index (χ0) is 16.2. The quantitative estimate of drug-likeness (QED) is 0.663. The second-order valence-electron chi connectivity index (χ2n) is 4.92. The maximum Gasteiger partial charge on any atom is 0.255 e. The number of thiophene rings is 1. The average Bonchev–Trinajstić information content (AvgIpc) is 3.24. The zero-order valence-electron chi connectivity index (χ0n) is 12.0. The van der Waals surface area contributed by atoms with E-state index in [9.17, 15) is 9.90 Å². The number of aromatic amines is 1. The molecule has 118 valence electrons. The second-order valence-corrected chi connectivity index (χ2v) is 6.11. The minimum atomic E-state index is -0.735. The van der Waals surface area contributed by atoms with Crippen LogP contribution >= 0.6 is 22.9 Å². The topological polar surface area (TPSA) is 78.0 Å². The van der Waals surface area contributed by atoms with Crippen molar-refractivity contribution in [2.45, 2.75) is 6.10 Å². The number of amides is 1. The van der Waals surface area contributed by atoms with Gasteiger partial charge in [-0.25, -0.2) is 0 Å². The molecule has 0 saturated heterocycles. The van der Waals surface area contributed by atoms with E-state index in [1.54, 1.807) is 6.07 Å². The molecule has 0 fully saturated rings. The van der Waals surface area contributed by atoms with Gasteiger partial charge in [-0.15, -0.1) is 0 Å². The first-order chi connectivity index (χ1) is 11.2. The molecule has 0 spiro atoms. The van der Waals surface area contributed by atoms with Crippen molar-refractivity contribution < 1.29 is 9.90 Å². The van der Waals surface area contributed by atoms with Crippen molar-refractivity contribution in [2.75, 3.05) is 6.54 Å². The lowest BCUT2D eigenvalue weighted by atomic mass is 10.1. The molecule has 0 aliphatic heterocycles. The highest BCUT2D eigenvalue weighted by atomic mass is 35.5. The van der Waals surface area contributed by atoms with Crippen LogP contribution in [0.25, 0.3) is 11.3 Å². The van der Waals surface area contributed by atoms with Gasteiger partial charge in [0, 0.05) is 17.1 Å². The Balaban J connectivity index is 1.74. The van der Waals surface area contributed by atoms with Gasteiger partial charge in [0.15, 0.2) is 0 Å². The highest BCUT2D eigenvalue weighted by molar-refractivity contribution is 7.07. The van der Waals surface area contributed by atoms with Gasteiger partial charge in [0.05, 0.1) is 23.6 Å². The molecule has 2 heterocycles. The number of rotatable bonds is 5. The van der Waals surface area contributed by atoms with E-state index in [0.29, 0.717) is 21.8 Å². The fourth-order valence-corrected chi connectivity index (χ4v) is 3.13. The number of aromatic nitrogens is 2. The number of carbonyl (C=O) groups excluding carboxylic acids is 1. The van der Waals surface area contributed by atoms with Crippen LogP contribution in [0.15, 0.2) is 47.3 Å². The summed E-state index contributed by atoms with van der Waals surface area (Å²) in [5.41, 5.74) is 2.43. The fraction of sp³-hybridized carbons (Fsp3) is 0.125. The van der Waals surface area contributed by atoms with Crippen LogP contribution in [-0.4, -0.2) is 27.8 Å². The Bertz CT molecular complexity index is 801. The van der Waals surface area contributed by atoms with E-state index in [-0.39, 0.29) is 12.5 Å². The number of aliphatic hydroxyl groups is 1. The Morgan fingerprint density at radius 2 is 2.22 bits per heavy atom. The lowest BCUT2D eigenvalue weighted by Gasteiger charge is -2.11. The van der Waals surface area contributed by atoms with Crippen molar-refractivity contribution in [1.29, 1.82) is 0 Å². The standard InChI is InChI=1S/C16H14ClN3O2S/c17-13-4-2-1-3-11(13)15-12(7-19-20-15)16(22)18-8-14(21)10-5-6-23-9-10/h1-7,9,14,21H,8H2,(H,18,22)(H,19,20)/t14-/m1/s1. The minimum Gasteiger partial charge on any atom is -0.387 e. The Morgan fingerprint density at radius 1 is 1.39 bits per heavy atom. The number of aliphatic hydroxyl groups excluding tert-OH is 1. The normalized spacial score (nSPS) is 12.1. The molecule has 0 unspecified atom stereocenters. The maximum absolute atomic E-state index is 12.4. The molecular weight excluding hydrogens is 334 g/mol. The molecule has 0 aliphatic carbocycles. The molecule has 3 rings (SSSR count). The number of hydrogen-bond acceptors (Lipinski definition) is 4. The second kappa shape index (κ2) is 6.95. The zero-order valence-corrected chi connectivity index (χ0v) is 13.6. The lowest BCUT2D eigenvalue weighted by Crippen LogP contribution is -2.28. The molecule has 23 heavy (non-hydrogen) atoms. The Morgan fingerprint density at radius 3 is 2.96 bits per heavy atom. The predicted octanol–water partition coefficient (Wildman–Crippen LogP) is 3.26. The highest BCUT2D eigenvalue weighted by Gasteiger charge is 2.18. The summed E-state index contributed by atoms with van der Waals surface area (Å²) in [6.45, 7) is 0.128. The number of halogens is 1. The molecule has 0 aliphatic rings. The first-order valence-electron chi connectivity index (χ1n) is 6.93. The summed E-state index contributed by atoms with van der Waals surface area (Å²) in [6, 6.07) is 9.05. The van der Waals surface area contributed by atoms with E-state index in [0.717, 1.165) is 5.56 Å². The summed E-state index contributed by atoms with van der Waals surface area (Å²) >= 11 is 7.67. The summed E-state index contributed by atoms with van der Waals surface area (Å²) in [6.07, 6.45) is 0.714. The van der Waals surface area contributed by atoms with Crippen LogP contribution in [0.4, 0.5) is 0 Å². The summed E-state index contributed by atoms with van der Waals surface area (Å²) < 4.78 is 0. The van der Waals surface area contributed by atoms with Crippen molar-refractivity contribution in [1.82, 2.24) is 15.5 Å². The number of nitrogens with zero attached hydrogens (tertiary/aromatic N) is 1. The van der Waals surface area contributed by atoms with Gasteiger partial charge in [-0.1, -0.05) is 29.8 Å². The lowest BCUT2D eigenvalue weighted by molar-refractivity contribution is 0.0917. The third-order valence-corrected chi connectivity index (χ3v) is 4.44. The molecule has 0 radical (unpaired) electrons. The van der Waals surface area contributed by atoms with Gasteiger partial charge >= 0.3 is 0 Å². The van der Waals surface area contributed by atoms with Gasteiger partial charge in [0.2, 0.25) is 0 Å². The van der Waals surface area contributed by atoms with Crippen molar-refractivity contribution >= 4 is 28.8 Å². The molecule has 0 bridgehead atoms. The summed E-state index contributed by atoms with van der Waals surface area (Å²) in [4.78, 5) is 12.4. The largest absolute Gasteiger partial charge is 0.387 e. The van der Waals surface area contributed by atoms with Crippen LogP contribution in [0.3, 0.4) is 0 Å². The van der Waals surface area contributed by atoms with Crippen LogP contribution in [0, 0.1) is 0 Å². The van der Waals surface area contributed by atoms with Crippen molar-refractivity contribution in [3.63, 3.8) is 0 Å². The molecule has 2 aromatic heterocycles. The molecule has 5 nitrogen and oxygen atoms in total. The van der Waals surface area contributed by atoms with E-state index in [1.165, 1.54) is 17.5 Å². The molecule has 0 saturated carbocycles. The minimum absolute atomic E-state index is 0.128. The first kappa shape index (κ1) is 15.7. The summed E-state index contributed by atoms with van der Waals surface area (Å²) in [7, 11) is 0. The van der Waals surface area contributed by atoms with Crippen LogP contribution in [0.5, 0.6) is 0 Å². The Labute approximate surface area is 141 Å². The smallest absolute Gasteiger partial charge is 0.255 e. The third kappa shape index (κ3) is 3.44. The van der Waals surface area contributed by atoms with Crippen LogP contribution in [0.1, 0.15) is 22.0 Å². The fourth-order valence-electron chi connectivity index (χ4n) is 2.19. The number of hydrogen-bond donors (Lipinski definition) is 3. The van der Waals surface area contributed by atoms with E-state index in [1.807, 2.05) is 35.0 Å². The van der Waals surface area contributed by atoms with Crippen LogP contribution < -0.4 is 5.32 Å². The Kier molecular flexibility index (Phi) is 4.76. The number of nitrogens with one attached hydrogen (secondary N) is 2. The molecule has 1 aromatic carbocycles. The van der Waals surface area contributed by atoms with Crippen molar-refractivity contribution in [3.05, 3.63) is 63.4 Å². The third-order valence-electron chi connectivity index (χ3n) is 3.41. The van der Waals surface area contributed by atoms with E-state index in [2.05, 4.69) is 15.5 Å². The van der Waals surface area contributed by atoms with Gasteiger partial charge in [-0.2, -0.15) is 16.4 Å². The first-order valence-corrected chi connectivity index (χ1v) is 8.25. The van der Waals surface area contributed by atoms with Gasteiger partial charge in [-0.05, 0) is 28.5 Å². The summed E-state index contributed by atoms with van der Waals surface area (Å²) in [5.74, 6) is -0.317. The Hall–Kier alpha value is -2.15. The number of H-pyrrole nitrogens is 1. The molecule has 7 heteroatoms. The van der Waals surface area contributed by atoms with E-state index in [4.69, 9.17) is 11.6 Å². The highest BCUT2D eigenvalue weighted by Crippen LogP contribution is 2.28. The predicted molar refractivity (Wildman–Crippen MR) is 90.6 cm³/mol. The number of carbonyl (C=O) groups is 1. The van der Waals surface area contributed by atoms with Gasteiger partial charge in [-0.3, -0.25) is 9.89 Å². The van der Waals surface area contributed by atoms with Crippen LogP contribution in [0.2, 0.25) is 5.02 Å². The van der Waals surface area contributed by atoms with E-state index >= 15 is 0 Å². The van der Waals surface area contributed by atoms with Crippen LogP contribution in [-0.2, 0) is 0 Å². The summed E-state index contributed by atoms with van der Waals surface area (Å²) in [5, 5.41) is 23.7. The monoisotopic (exact) mass is 347 g/mol. The molecular formula is C16H14ClN3O2S. The van der Waals surface area contributed by atoms with Crippen molar-refractivity contribution in [2.24, 2.45) is 0 Å². The molecule has 3 aromatic rings. The van der Waals surface area contributed by atoms with E-state index < -0.39 is 6.10 Å². The molecule has 1 amide bonds. The average molecular weight is 348 g/mol.